The minimum absolute atomic E-state index is 0.212. The maximum absolute atomic E-state index is 12.4. The summed E-state index contributed by atoms with van der Waals surface area (Å²) in [5.41, 5.74) is 5.63. The van der Waals surface area contributed by atoms with E-state index in [2.05, 4.69) is 25.8 Å². The molecule has 1 amide bonds. The summed E-state index contributed by atoms with van der Waals surface area (Å²) in [6, 6.07) is 12.0. The molecule has 0 atom stereocenters. The summed E-state index contributed by atoms with van der Waals surface area (Å²) in [5.74, 6) is -0.457. The highest BCUT2D eigenvalue weighted by Crippen LogP contribution is 2.28. The second-order valence-corrected chi connectivity index (χ2v) is 8.32. The molecule has 0 aliphatic heterocycles. The number of halogens is 4. The lowest BCUT2D eigenvalue weighted by molar-refractivity contribution is 0.0949. The fourth-order valence-corrected chi connectivity index (χ4v) is 3.66. The van der Waals surface area contributed by atoms with Crippen molar-refractivity contribution in [3.8, 4) is 11.3 Å². The van der Waals surface area contributed by atoms with Crippen molar-refractivity contribution in [2.45, 2.75) is 6.54 Å². The normalized spacial score (nSPS) is 11.2. The van der Waals surface area contributed by atoms with E-state index in [0.717, 1.165) is 11.1 Å². The highest BCUT2D eigenvalue weighted by molar-refractivity contribution is 6.42. The van der Waals surface area contributed by atoms with E-state index in [1.807, 2.05) is 6.07 Å². The van der Waals surface area contributed by atoms with Crippen LogP contribution < -0.4 is 5.43 Å². The summed E-state index contributed by atoms with van der Waals surface area (Å²) >= 11 is 24.2. The molecule has 7 nitrogen and oxygen atoms in total. The van der Waals surface area contributed by atoms with Crippen LogP contribution in [0.15, 0.2) is 60.0 Å². The summed E-state index contributed by atoms with van der Waals surface area (Å²) in [5, 5.41) is 17.1. The van der Waals surface area contributed by atoms with Gasteiger partial charge < -0.3 is 0 Å². The molecule has 0 fully saturated rings. The standard InChI is InChI=1S/C21H14Cl4N6O/c22-15-3-1-13(17(24)8-15)11-31-6-5-19(30-31)21(32)29-27-10-14-9-26-28-20(14)12-2-4-16(23)18(25)7-12/h1-10H,11H2,(H,26,28)(H,29,32)/b27-10+. The van der Waals surface area contributed by atoms with E-state index >= 15 is 0 Å². The Kier molecular flexibility index (Phi) is 6.81. The first-order chi connectivity index (χ1) is 15.4. The SMILES string of the molecule is O=C(N/N=C/c1cn[nH]c1-c1ccc(Cl)c(Cl)c1)c1ccn(Cc2ccc(Cl)cc2Cl)n1. The van der Waals surface area contributed by atoms with Crippen molar-refractivity contribution < 1.29 is 4.79 Å². The average molecular weight is 508 g/mol. The van der Waals surface area contributed by atoms with E-state index in [-0.39, 0.29) is 5.69 Å². The van der Waals surface area contributed by atoms with Crippen LogP contribution >= 0.6 is 46.4 Å². The van der Waals surface area contributed by atoms with Gasteiger partial charge in [-0.15, -0.1) is 0 Å². The molecule has 4 aromatic rings. The molecule has 0 spiro atoms. The molecule has 0 saturated carbocycles. The number of carbonyl (C=O) groups excluding carboxylic acids is 1. The lowest BCUT2D eigenvalue weighted by Crippen LogP contribution is -2.18. The number of carbonyl (C=O) groups is 1. The zero-order valence-corrected chi connectivity index (χ0v) is 19.2. The Morgan fingerprint density at radius 2 is 1.91 bits per heavy atom. The number of rotatable bonds is 6. The van der Waals surface area contributed by atoms with Gasteiger partial charge in [0.1, 0.15) is 0 Å². The van der Waals surface area contributed by atoms with Gasteiger partial charge in [0.15, 0.2) is 5.69 Å². The van der Waals surface area contributed by atoms with Crippen molar-refractivity contribution in [2.24, 2.45) is 5.10 Å². The third-order valence-electron chi connectivity index (χ3n) is 4.47. The Balaban J connectivity index is 1.42. The fourth-order valence-electron chi connectivity index (χ4n) is 2.89. The van der Waals surface area contributed by atoms with Gasteiger partial charge in [0.2, 0.25) is 0 Å². The van der Waals surface area contributed by atoms with Gasteiger partial charge in [-0.3, -0.25) is 14.6 Å². The molecule has 0 unspecified atom stereocenters. The van der Waals surface area contributed by atoms with Gasteiger partial charge in [-0.05, 0) is 35.9 Å². The molecule has 2 aromatic heterocycles. The smallest absolute Gasteiger partial charge is 0.277 e. The van der Waals surface area contributed by atoms with E-state index in [9.17, 15) is 4.79 Å². The lowest BCUT2D eigenvalue weighted by Gasteiger charge is -2.05. The second kappa shape index (κ2) is 9.75. The van der Waals surface area contributed by atoms with Crippen LogP contribution in [0.1, 0.15) is 21.6 Å². The number of H-pyrrole nitrogens is 1. The van der Waals surface area contributed by atoms with Crippen LogP contribution in [0, 0.1) is 0 Å². The van der Waals surface area contributed by atoms with Crippen LogP contribution in [0.4, 0.5) is 0 Å². The Morgan fingerprint density at radius 3 is 2.69 bits per heavy atom. The molecule has 2 N–H and O–H groups in total. The van der Waals surface area contributed by atoms with Crippen LogP contribution in [0.5, 0.6) is 0 Å². The molecule has 0 radical (unpaired) electrons. The van der Waals surface area contributed by atoms with E-state index < -0.39 is 5.91 Å². The Hall–Kier alpha value is -2.84. The number of aromatic amines is 1. The van der Waals surface area contributed by atoms with Crippen LogP contribution in [-0.2, 0) is 6.54 Å². The first-order valence-corrected chi connectivity index (χ1v) is 10.7. The highest BCUT2D eigenvalue weighted by Gasteiger charge is 2.11. The van der Waals surface area contributed by atoms with Crippen molar-refractivity contribution in [1.29, 1.82) is 0 Å². The van der Waals surface area contributed by atoms with Crippen LogP contribution in [0.25, 0.3) is 11.3 Å². The molecule has 162 valence electrons. The molecule has 32 heavy (non-hydrogen) atoms. The van der Waals surface area contributed by atoms with Crippen molar-refractivity contribution in [3.63, 3.8) is 0 Å². The first-order valence-electron chi connectivity index (χ1n) is 9.20. The minimum atomic E-state index is -0.457. The van der Waals surface area contributed by atoms with Gasteiger partial charge in [0.25, 0.3) is 5.91 Å². The van der Waals surface area contributed by atoms with Crippen LogP contribution in [0.2, 0.25) is 20.1 Å². The molecule has 11 heteroatoms. The van der Waals surface area contributed by atoms with Crippen LogP contribution in [-0.4, -0.2) is 32.1 Å². The molecular weight excluding hydrogens is 494 g/mol. The fraction of sp³-hybridized carbons (Fsp3) is 0.0476. The number of nitrogens with one attached hydrogen (secondary N) is 2. The Bertz CT molecular complexity index is 1310. The first kappa shape index (κ1) is 22.4. The van der Waals surface area contributed by atoms with Gasteiger partial charge in [-0.1, -0.05) is 58.5 Å². The zero-order valence-electron chi connectivity index (χ0n) is 16.2. The van der Waals surface area contributed by atoms with E-state index in [0.29, 0.717) is 37.9 Å². The van der Waals surface area contributed by atoms with Gasteiger partial charge >= 0.3 is 0 Å². The number of nitrogens with zero attached hydrogens (tertiary/aromatic N) is 4. The summed E-state index contributed by atoms with van der Waals surface area (Å²) in [7, 11) is 0. The van der Waals surface area contributed by atoms with Crippen molar-refractivity contribution in [3.05, 3.63) is 91.8 Å². The second-order valence-electron chi connectivity index (χ2n) is 6.66. The minimum Gasteiger partial charge on any atom is -0.277 e. The van der Waals surface area contributed by atoms with Gasteiger partial charge in [0, 0.05) is 27.4 Å². The summed E-state index contributed by atoms with van der Waals surface area (Å²) < 4.78 is 1.60. The third kappa shape index (κ3) is 5.14. The quantitative estimate of drug-likeness (QED) is 0.259. The number of hydrogen-bond donors (Lipinski definition) is 2. The largest absolute Gasteiger partial charge is 0.291 e. The third-order valence-corrected chi connectivity index (χ3v) is 5.79. The van der Waals surface area contributed by atoms with Crippen molar-refractivity contribution in [1.82, 2.24) is 25.4 Å². The summed E-state index contributed by atoms with van der Waals surface area (Å²) in [6.45, 7) is 0.397. The molecule has 0 saturated heterocycles. The molecule has 0 bridgehead atoms. The molecule has 0 aliphatic rings. The molecule has 2 aromatic carbocycles. The van der Waals surface area contributed by atoms with E-state index in [1.54, 1.807) is 53.5 Å². The number of aromatic nitrogens is 4. The van der Waals surface area contributed by atoms with Crippen molar-refractivity contribution in [2.75, 3.05) is 0 Å². The zero-order chi connectivity index (χ0) is 22.7. The topological polar surface area (TPSA) is 88.0 Å². The van der Waals surface area contributed by atoms with E-state index in [1.165, 1.54) is 6.21 Å². The van der Waals surface area contributed by atoms with E-state index in [4.69, 9.17) is 46.4 Å². The van der Waals surface area contributed by atoms with Gasteiger partial charge in [-0.25, -0.2) is 5.43 Å². The number of amides is 1. The number of hydrogen-bond acceptors (Lipinski definition) is 4. The van der Waals surface area contributed by atoms with Gasteiger partial charge in [-0.2, -0.15) is 15.3 Å². The molecule has 2 heterocycles. The maximum atomic E-state index is 12.4. The monoisotopic (exact) mass is 506 g/mol. The number of benzene rings is 2. The highest BCUT2D eigenvalue weighted by atomic mass is 35.5. The van der Waals surface area contributed by atoms with Crippen molar-refractivity contribution >= 4 is 58.5 Å². The predicted molar refractivity (Wildman–Crippen MR) is 127 cm³/mol. The Labute approximate surface area is 202 Å². The predicted octanol–water partition coefficient (Wildman–Crippen LogP) is 5.70. The average Bonchev–Trinajstić information content (AvgIpc) is 3.42. The Morgan fingerprint density at radius 1 is 1.06 bits per heavy atom. The molecule has 0 aliphatic carbocycles. The van der Waals surface area contributed by atoms with Crippen LogP contribution in [0.3, 0.4) is 0 Å². The molecular formula is C21H14Cl4N6O. The number of hydrazone groups is 1. The summed E-state index contributed by atoms with van der Waals surface area (Å²) in [4.78, 5) is 12.4. The van der Waals surface area contributed by atoms with Gasteiger partial charge in [0.05, 0.1) is 34.7 Å². The lowest BCUT2D eigenvalue weighted by atomic mass is 10.1. The molecule has 4 rings (SSSR count). The maximum Gasteiger partial charge on any atom is 0.291 e. The summed E-state index contributed by atoms with van der Waals surface area (Å²) in [6.07, 6.45) is 4.74.